The Bertz CT molecular complexity index is 656. The molecule has 22 heavy (non-hydrogen) atoms. The van der Waals surface area contributed by atoms with Gasteiger partial charge >= 0.3 is 5.97 Å². The van der Waals surface area contributed by atoms with Crippen molar-refractivity contribution in [2.24, 2.45) is 0 Å². The minimum absolute atomic E-state index is 0.149. The molecule has 0 aliphatic heterocycles. The summed E-state index contributed by atoms with van der Waals surface area (Å²) >= 11 is 0. The van der Waals surface area contributed by atoms with Crippen LogP contribution in [0.4, 0.5) is 5.69 Å². The van der Waals surface area contributed by atoms with E-state index in [4.69, 9.17) is 5.11 Å². The summed E-state index contributed by atoms with van der Waals surface area (Å²) in [6.45, 7) is 0.898. The number of carbonyl (C=O) groups excluding carboxylic acids is 1. The van der Waals surface area contributed by atoms with Gasteiger partial charge in [0, 0.05) is 12.2 Å². The van der Waals surface area contributed by atoms with Crippen LogP contribution in [0.2, 0.25) is 0 Å². The first-order valence-electron chi connectivity index (χ1n) is 6.90. The first kappa shape index (κ1) is 15.7. The van der Waals surface area contributed by atoms with Gasteiger partial charge in [-0.15, -0.1) is 0 Å². The van der Waals surface area contributed by atoms with Crippen LogP contribution in [0.15, 0.2) is 54.6 Å². The molecule has 5 nitrogen and oxygen atoms in total. The smallest absolute Gasteiger partial charge is 0.335 e. The largest absolute Gasteiger partial charge is 0.478 e. The number of hydrogen-bond acceptors (Lipinski definition) is 3. The third-order valence-corrected chi connectivity index (χ3v) is 3.10. The van der Waals surface area contributed by atoms with E-state index in [9.17, 15) is 9.59 Å². The van der Waals surface area contributed by atoms with Crippen molar-refractivity contribution in [3.63, 3.8) is 0 Å². The van der Waals surface area contributed by atoms with Crippen LogP contribution in [0.5, 0.6) is 0 Å². The first-order chi connectivity index (χ1) is 10.5. The highest BCUT2D eigenvalue weighted by Crippen LogP contribution is 2.11. The first-order valence-corrected chi connectivity index (χ1v) is 6.90. The normalized spacial score (nSPS) is 10.5. The lowest BCUT2D eigenvalue weighted by Gasteiger charge is -2.16. The molecule has 2 rings (SSSR count). The Morgan fingerprint density at radius 3 is 2.50 bits per heavy atom. The number of nitrogens with one attached hydrogen (secondary N) is 1. The van der Waals surface area contributed by atoms with Gasteiger partial charge in [0.2, 0.25) is 5.91 Å². The fourth-order valence-electron chi connectivity index (χ4n) is 2.13. The van der Waals surface area contributed by atoms with Gasteiger partial charge in [0.1, 0.15) is 0 Å². The number of carboxylic acid groups (broad SMARTS) is 1. The number of amides is 1. The molecule has 0 atom stereocenters. The molecule has 0 heterocycles. The second kappa shape index (κ2) is 7.38. The molecule has 2 N–H and O–H groups in total. The van der Waals surface area contributed by atoms with Crippen molar-refractivity contribution in [2.75, 3.05) is 18.9 Å². The predicted octanol–water partition coefficient (Wildman–Crippen LogP) is 2.46. The summed E-state index contributed by atoms with van der Waals surface area (Å²) in [6.07, 6.45) is 0. The van der Waals surface area contributed by atoms with Crippen molar-refractivity contribution >= 4 is 17.6 Å². The Labute approximate surface area is 129 Å². The van der Waals surface area contributed by atoms with E-state index in [1.807, 2.05) is 42.3 Å². The molecular weight excluding hydrogens is 280 g/mol. The lowest BCUT2D eigenvalue weighted by Crippen LogP contribution is -2.29. The maximum Gasteiger partial charge on any atom is 0.335 e. The van der Waals surface area contributed by atoms with Gasteiger partial charge in [0.15, 0.2) is 0 Å². The Hall–Kier alpha value is -2.66. The number of hydrogen-bond donors (Lipinski definition) is 2. The highest BCUT2D eigenvalue weighted by atomic mass is 16.4. The van der Waals surface area contributed by atoms with E-state index in [2.05, 4.69) is 5.32 Å². The topological polar surface area (TPSA) is 69.6 Å². The van der Waals surface area contributed by atoms with E-state index in [1.165, 1.54) is 12.1 Å². The van der Waals surface area contributed by atoms with Gasteiger partial charge in [-0.25, -0.2) is 4.79 Å². The Morgan fingerprint density at radius 2 is 1.82 bits per heavy atom. The van der Waals surface area contributed by atoms with Crippen LogP contribution in [-0.4, -0.2) is 35.5 Å². The van der Waals surface area contributed by atoms with Crippen molar-refractivity contribution < 1.29 is 14.7 Å². The van der Waals surface area contributed by atoms with Crippen LogP contribution in [-0.2, 0) is 11.3 Å². The third-order valence-electron chi connectivity index (χ3n) is 3.10. The monoisotopic (exact) mass is 298 g/mol. The molecule has 0 fully saturated rings. The molecule has 2 aromatic carbocycles. The SMILES string of the molecule is CN(CC(=O)Nc1cccc(C(=O)O)c1)Cc1ccccc1. The summed E-state index contributed by atoms with van der Waals surface area (Å²) in [5, 5.41) is 11.6. The second-order valence-corrected chi connectivity index (χ2v) is 5.09. The average Bonchev–Trinajstić information content (AvgIpc) is 2.48. The fourth-order valence-corrected chi connectivity index (χ4v) is 2.13. The lowest BCUT2D eigenvalue weighted by molar-refractivity contribution is -0.117. The van der Waals surface area contributed by atoms with E-state index in [1.54, 1.807) is 12.1 Å². The molecule has 0 bridgehead atoms. The summed E-state index contributed by atoms with van der Waals surface area (Å²) in [4.78, 5) is 24.8. The molecule has 114 valence electrons. The van der Waals surface area contributed by atoms with Gasteiger partial charge in [-0.3, -0.25) is 9.69 Å². The van der Waals surface area contributed by atoms with E-state index < -0.39 is 5.97 Å². The van der Waals surface area contributed by atoms with E-state index in [0.29, 0.717) is 12.2 Å². The van der Waals surface area contributed by atoms with Crippen molar-refractivity contribution in [3.8, 4) is 0 Å². The molecule has 0 aliphatic rings. The average molecular weight is 298 g/mol. The zero-order valence-corrected chi connectivity index (χ0v) is 12.3. The molecule has 0 spiro atoms. The van der Waals surface area contributed by atoms with Crippen LogP contribution in [0.1, 0.15) is 15.9 Å². The molecule has 0 aliphatic carbocycles. The molecule has 0 saturated heterocycles. The maximum atomic E-state index is 12.0. The zero-order valence-electron chi connectivity index (χ0n) is 12.3. The number of carboxylic acids is 1. The number of anilines is 1. The number of benzene rings is 2. The number of carbonyl (C=O) groups is 2. The van der Waals surface area contributed by atoms with Crippen molar-refractivity contribution in [2.45, 2.75) is 6.54 Å². The third kappa shape index (κ3) is 4.71. The summed E-state index contributed by atoms with van der Waals surface area (Å²) in [5.74, 6) is -1.20. The summed E-state index contributed by atoms with van der Waals surface area (Å²) in [5.41, 5.74) is 1.76. The molecule has 0 radical (unpaired) electrons. The Kier molecular flexibility index (Phi) is 5.27. The van der Waals surface area contributed by atoms with E-state index >= 15 is 0 Å². The zero-order chi connectivity index (χ0) is 15.9. The van der Waals surface area contributed by atoms with Crippen LogP contribution >= 0.6 is 0 Å². The van der Waals surface area contributed by atoms with Gasteiger partial charge in [0.25, 0.3) is 0 Å². The van der Waals surface area contributed by atoms with E-state index in [-0.39, 0.29) is 18.0 Å². The highest BCUT2D eigenvalue weighted by molar-refractivity contribution is 5.94. The van der Waals surface area contributed by atoms with Crippen LogP contribution in [0.25, 0.3) is 0 Å². The van der Waals surface area contributed by atoms with Crippen LogP contribution in [0.3, 0.4) is 0 Å². The van der Waals surface area contributed by atoms with E-state index in [0.717, 1.165) is 5.56 Å². The van der Waals surface area contributed by atoms with Crippen molar-refractivity contribution in [1.82, 2.24) is 4.90 Å². The predicted molar refractivity (Wildman–Crippen MR) is 84.8 cm³/mol. The number of aromatic carboxylic acids is 1. The highest BCUT2D eigenvalue weighted by Gasteiger charge is 2.09. The summed E-state index contributed by atoms with van der Waals surface area (Å²) < 4.78 is 0. The van der Waals surface area contributed by atoms with Crippen molar-refractivity contribution in [3.05, 3.63) is 65.7 Å². The van der Waals surface area contributed by atoms with Gasteiger partial charge < -0.3 is 10.4 Å². The summed E-state index contributed by atoms with van der Waals surface area (Å²) in [7, 11) is 1.86. The molecular formula is C17H18N2O3. The minimum atomic E-state index is -1.02. The molecule has 0 aromatic heterocycles. The Morgan fingerprint density at radius 1 is 1.09 bits per heavy atom. The van der Waals surface area contributed by atoms with Gasteiger partial charge in [-0.05, 0) is 30.8 Å². The number of rotatable bonds is 6. The van der Waals surface area contributed by atoms with Crippen LogP contribution in [0, 0.1) is 0 Å². The number of likely N-dealkylation sites (N-methyl/N-ethyl adjacent to an activating group) is 1. The number of nitrogens with zero attached hydrogens (tertiary/aromatic N) is 1. The van der Waals surface area contributed by atoms with Crippen LogP contribution < -0.4 is 5.32 Å². The minimum Gasteiger partial charge on any atom is -0.478 e. The Balaban J connectivity index is 1.90. The van der Waals surface area contributed by atoms with Gasteiger partial charge in [-0.1, -0.05) is 36.4 Å². The second-order valence-electron chi connectivity index (χ2n) is 5.09. The van der Waals surface area contributed by atoms with Gasteiger partial charge in [-0.2, -0.15) is 0 Å². The lowest BCUT2D eigenvalue weighted by atomic mass is 10.2. The molecule has 1 amide bonds. The molecule has 5 heteroatoms. The molecule has 0 unspecified atom stereocenters. The molecule has 2 aromatic rings. The fraction of sp³-hybridized carbons (Fsp3) is 0.176. The standard InChI is InChI=1S/C17H18N2O3/c1-19(11-13-6-3-2-4-7-13)12-16(20)18-15-9-5-8-14(10-15)17(21)22/h2-10H,11-12H2,1H3,(H,18,20)(H,21,22). The molecule has 0 saturated carbocycles. The van der Waals surface area contributed by atoms with Gasteiger partial charge in [0.05, 0.1) is 12.1 Å². The van der Waals surface area contributed by atoms with Crippen molar-refractivity contribution in [1.29, 1.82) is 0 Å². The quantitative estimate of drug-likeness (QED) is 0.859. The maximum absolute atomic E-state index is 12.0. The summed E-state index contributed by atoms with van der Waals surface area (Å²) in [6, 6.07) is 16.1.